The van der Waals surface area contributed by atoms with Gasteiger partial charge in [0.2, 0.25) is 10.0 Å². The molecule has 7 heteroatoms. The summed E-state index contributed by atoms with van der Waals surface area (Å²) in [6.07, 6.45) is -0.0231. The van der Waals surface area contributed by atoms with Gasteiger partial charge in [-0.15, -0.1) is 0 Å². The largest absolute Gasteiger partial charge is 0.469 e. The Kier molecular flexibility index (Phi) is 5.44. The maximum Gasteiger partial charge on any atom is 0.306 e. The number of hydrogen-bond acceptors (Lipinski definition) is 4. The fourth-order valence-corrected chi connectivity index (χ4v) is 2.97. The van der Waals surface area contributed by atoms with Crippen LogP contribution in [0, 0.1) is 5.82 Å². The molecule has 106 valence electrons. The Balaban J connectivity index is 2.89. The number of hydrogen-bond donors (Lipinski definition) is 0. The fraction of sp³-hybridized carbons (Fsp3) is 0.417. The predicted octanol–water partition coefficient (Wildman–Crippen LogP) is 1.40. The van der Waals surface area contributed by atoms with E-state index in [1.54, 1.807) is 6.92 Å². The van der Waals surface area contributed by atoms with Crippen molar-refractivity contribution in [2.45, 2.75) is 18.2 Å². The Morgan fingerprint density at radius 3 is 2.37 bits per heavy atom. The molecule has 0 aliphatic carbocycles. The molecule has 1 rings (SSSR count). The molecule has 0 N–H and O–H groups in total. The van der Waals surface area contributed by atoms with E-state index in [2.05, 4.69) is 4.74 Å². The number of methoxy groups -OCH3 is 1. The van der Waals surface area contributed by atoms with Crippen molar-refractivity contribution in [1.29, 1.82) is 0 Å². The number of nitrogens with zero attached hydrogens (tertiary/aromatic N) is 1. The van der Waals surface area contributed by atoms with Crippen molar-refractivity contribution in [3.63, 3.8) is 0 Å². The van der Waals surface area contributed by atoms with Gasteiger partial charge in [0.15, 0.2) is 0 Å². The summed E-state index contributed by atoms with van der Waals surface area (Å²) in [6, 6.07) is 4.57. The van der Waals surface area contributed by atoms with Crippen LogP contribution in [0.25, 0.3) is 0 Å². The second kappa shape index (κ2) is 6.63. The second-order valence-electron chi connectivity index (χ2n) is 3.78. The Morgan fingerprint density at radius 1 is 1.32 bits per heavy atom. The average molecular weight is 289 g/mol. The number of benzene rings is 1. The smallest absolute Gasteiger partial charge is 0.306 e. The number of carbonyl (C=O) groups excluding carboxylic acids is 1. The standard InChI is InChI=1S/C12H16FNO4S/c1-3-14(9-8-12(15)18-2)19(16,17)11-6-4-10(13)5-7-11/h4-7H,3,8-9H2,1-2H3. The lowest BCUT2D eigenvalue weighted by atomic mass is 10.4. The van der Waals surface area contributed by atoms with Crippen LogP contribution in [-0.2, 0) is 19.6 Å². The molecule has 0 heterocycles. The quantitative estimate of drug-likeness (QED) is 0.743. The van der Waals surface area contributed by atoms with E-state index in [1.807, 2.05) is 0 Å². The number of halogens is 1. The van der Waals surface area contributed by atoms with Crippen LogP contribution < -0.4 is 0 Å². The average Bonchev–Trinajstić information content (AvgIpc) is 2.39. The van der Waals surface area contributed by atoms with Crippen LogP contribution in [0.15, 0.2) is 29.2 Å². The molecule has 0 atom stereocenters. The minimum absolute atomic E-state index is 0.000570. The second-order valence-corrected chi connectivity index (χ2v) is 5.71. The Morgan fingerprint density at radius 2 is 1.89 bits per heavy atom. The lowest BCUT2D eigenvalue weighted by Gasteiger charge is -2.19. The SMILES string of the molecule is CCN(CCC(=O)OC)S(=O)(=O)c1ccc(F)cc1. The van der Waals surface area contributed by atoms with E-state index in [1.165, 1.54) is 19.2 Å². The summed E-state index contributed by atoms with van der Waals surface area (Å²) < 4.78 is 42.9. The molecule has 0 bridgehead atoms. The third-order valence-corrected chi connectivity index (χ3v) is 4.59. The minimum atomic E-state index is -3.71. The molecule has 19 heavy (non-hydrogen) atoms. The maximum atomic E-state index is 12.8. The zero-order valence-corrected chi connectivity index (χ0v) is 11.6. The van der Waals surface area contributed by atoms with Gasteiger partial charge in [-0.1, -0.05) is 6.92 Å². The summed E-state index contributed by atoms with van der Waals surface area (Å²) in [5, 5.41) is 0. The van der Waals surface area contributed by atoms with Gasteiger partial charge in [0.05, 0.1) is 18.4 Å². The van der Waals surface area contributed by atoms with Crippen molar-refractivity contribution in [2.75, 3.05) is 20.2 Å². The topological polar surface area (TPSA) is 63.7 Å². The predicted molar refractivity (Wildman–Crippen MR) is 67.5 cm³/mol. The molecular weight excluding hydrogens is 273 g/mol. The van der Waals surface area contributed by atoms with Gasteiger partial charge in [-0.2, -0.15) is 4.31 Å². The van der Waals surface area contributed by atoms with E-state index >= 15 is 0 Å². The molecule has 0 aliphatic heterocycles. The summed E-state index contributed by atoms with van der Waals surface area (Å²) in [4.78, 5) is 11.0. The van der Waals surface area contributed by atoms with Gasteiger partial charge in [0.1, 0.15) is 5.82 Å². The monoisotopic (exact) mass is 289 g/mol. The Hall–Kier alpha value is -1.47. The molecule has 0 fully saturated rings. The van der Waals surface area contributed by atoms with Gasteiger partial charge in [-0.05, 0) is 24.3 Å². The molecule has 0 aromatic heterocycles. The first-order valence-corrected chi connectivity index (χ1v) is 7.18. The minimum Gasteiger partial charge on any atom is -0.469 e. The summed E-state index contributed by atoms with van der Waals surface area (Å²) >= 11 is 0. The van der Waals surface area contributed by atoms with Crippen LogP contribution >= 0.6 is 0 Å². The lowest BCUT2D eigenvalue weighted by molar-refractivity contribution is -0.140. The van der Waals surface area contributed by atoms with Crippen molar-refractivity contribution in [1.82, 2.24) is 4.31 Å². The van der Waals surface area contributed by atoms with Gasteiger partial charge >= 0.3 is 5.97 Å². The van der Waals surface area contributed by atoms with E-state index in [-0.39, 0.29) is 24.4 Å². The highest BCUT2D eigenvalue weighted by molar-refractivity contribution is 7.89. The molecule has 0 amide bonds. The van der Waals surface area contributed by atoms with Crippen molar-refractivity contribution < 1.29 is 22.3 Å². The summed E-state index contributed by atoms with van der Waals surface area (Å²) in [7, 11) is -2.47. The normalized spacial score (nSPS) is 11.6. The molecular formula is C12H16FNO4S. The van der Waals surface area contributed by atoms with Gasteiger partial charge in [0.25, 0.3) is 0 Å². The number of sulfonamides is 1. The maximum absolute atomic E-state index is 12.8. The number of rotatable bonds is 6. The molecule has 5 nitrogen and oxygen atoms in total. The third-order valence-electron chi connectivity index (χ3n) is 2.60. The fourth-order valence-electron chi connectivity index (χ4n) is 1.52. The first-order valence-electron chi connectivity index (χ1n) is 5.74. The van der Waals surface area contributed by atoms with Gasteiger partial charge < -0.3 is 4.74 Å². The molecule has 0 aliphatic rings. The van der Waals surface area contributed by atoms with Gasteiger partial charge in [-0.3, -0.25) is 4.79 Å². The van der Waals surface area contributed by atoms with E-state index in [9.17, 15) is 17.6 Å². The zero-order valence-electron chi connectivity index (χ0n) is 10.8. The Labute approximate surface area is 112 Å². The molecule has 0 spiro atoms. The summed E-state index contributed by atoms with van der Waals surface area (Å²) in [5.41, 5.74) is 0. The van der Waals surface area contributed by atoms with Crippen LogP contribution in [0.2, 0.25) is 0 Å². The van der Waals surface area contributed by atoms with Crippen LogP contribution in [0.3, 0.4) is 0 Å². The van der Waals surface area contributed by atoms with Crippen LogP contribution in [0.4, 0.5) is 4.39 Å². The lowest BCUT2D eigenvalue weighted by Crippen LogP contribution is -2.33. The van der Waals surface area contributed by atoms with Crippen LogP contribution in [-0.4, -0.2) is 38.9 Å². The van der Waals surface area contributed by atoms with E-state index < -0.39 is 21.8 Å². The van der Waals surface area contributed by atoms with E-state index in [4.69, 9.17) is 0 Å². The zero-order chi connectivity index (χ0) is 14.5. The van der Waals surface area contributed by atoms with Crippen molar-refractivity contribution in [3.05, 3.63) is 30.1 Å². The summed E-state index contributed by atoms with van der Waals surface area (Å²) in [6.45, 7) is 1.91. The molecule has 0 saturated carbocycles. The van der Waals surface area contributed by atoms with Crippen molar-refractivity contribution in [3.8, 4) is 0 Å². The van der Waals surface area contributed by atoms with Crippen molar-refractivity contribution >= 4 is 16.0 Å². The van der Waals surface area contributed by atoms with Gasteiger partial charge in [0, 0.05) is 13.1 Å². The van der Waals surface area contributed by atoms with E-state index in [0.29, 0.717) is 0 Å². The highest BCUT2D eigenvalue weighted by Gasteiger charge is 2.23. The third kappa shape index (κ3) is 4.00. The molecule has 0 radical (unpaired) electrons. The van der Waals surface area contributed by atoms with Crippen LogP contribution in [0.1, 0.15) is 13.3 Å². The number of carbonyl (C=O) groups is 1. The number of esters is 1. The number of ether oxygens (including phenoxy) is 1. The molecule has 0 unspecified atom stereocenters. The highest BCUT2D eigenvalue weighted by Crippen LogP contribution is 2.16. The summed E-state index contributed by atoms with van der Waals surface area (Å²) in [5.74, 6) is -0.982. The van der Waals surface area contributed by atoms with Gasteiger partial charge in [-0.25, -0.2) is 12.8 Å². The molecule has 1 aromatic carbocycles. The Bertz CT molecular complexity index is 527. The first kappa shape index (κ1) is 15.6. The molecule has 0 saturated heterocycles. The van der Waals surface area contributed by atoms with Crippen LogP contribution in [0.5, 0.6) is 0 Å². The van der Waals surface area contributed by atoms with E-state index in [0.717, 1.165) is 16.4 Å². The first-order chi connectivity index (χ1) is 8.91. The van der Waals surface area contributed by atoms with Crippen molar-refractivity contribution in [2.24, 2.45) is 0 Å². The molecule has 1 aromatic rings. The highest BCUT2D eigenvalue weighted by atomic mass is 32.2.